The zero-order valence-corrected chi connectivity index (χ0v) is 18.3. The van der Waals surface area contributed by atoms with Crippen LogP contribution in [0.4, 0.5) is 0 Å². The van der Waals surface area contributed by atoms with Crippen molar-refractivity contribution in [3.8, 4) is 16.3 Å². The molecule has 1 N–H and O–H groups in total. The van der Waals surface area contributed by atoms with Gasteiger partial charge in [0, 0.05) is 15.4 Å². The van der Waals surface area contributed by atoms with E-state index in [-0.39, 0.29) is 19.1 Å². The molecular weight excluding hydrogens is 456 g/mol. The van der Waals surface area contributed by atoms with Crippen LogP contribution in [0.25, 0.3) is 10.6 Å². The highest BCUT2D eigenvalue weighted by Gasteiger charge is 2.13. The largest absolute Gasteiger partial charge is 0.496 e. The Labute approximate surface area is 181 Å². The molecule has 1 amide bonds. The number of rotatable bonds is 7. The summed E-state index contributed by atoms with van der Waals surface area (Å²) < 4.78 is 11.5. The summed E-state index contributed by atoms with van der Waals surface area (Å²) >= 11 is 4.88. The van der Waals surface area contributed by atoms with Crippen LogP contribution in [-0.2, 0) is 16.1 Å². The first-order chi connectivity index (χ1) is 14.0. The second-order valence-corrected chi connectivity index (χ2v) is 7.97. The predicted molar refractivity (Wildman–Crippen MR) is 115 cm³/mol. The number of carbonyl (C=O) groups is 2. The van der Waals surface area contributed by atoms with Crippen LogP contribution in [0.15, 0.2) is 52.3 Å². The number of aryl methyl sites for hydroxylation is 1. The average Bonchev–Trinajstić information content (AvgIpc) is 3.20. The standard InChI is InChI=1S/C21H19BrN2O4S/c1-13-3-5-14(6-4-13)20(26)23-10-19(25)28-11-16-12-29-21(24-16)17-9-15(22)7-8-18(17)27-2/h3-9,12H,10-11H2,1-2H3,(H,23,26). The van der Waals surface area contributed by atoms with E-state index in [2.05, 4.69) is 26.2 Å². The van der Waals surface area contributed by atoms with E-state index in [1.165, 1.54) is 11.3 Å². The van der Waals surface area contributed by atoms with Crippen LogP contribution in [0.1, 0.15) is 21.6 Å². The molecule has 0 unspecified atom stereocenters. The third kappa shape index (κ3) is 5.65. The highest BCUT2D eigenvalue weighted by Crippen LogP contribution is 2.34. The average molecular weight is 475 g/mol. The lowest BCUT2D eigenvalue weighted by Crippen LogP contribution is -2.30. The van der Waals surface area contributed by atoms with Gasteiger partial charge in [-0.25, -0.2) is 4.98 Å². The van der Waals surface area contributed by atoms with Crippen molar-refractivity contribution < 1.29 is 19.1 Å². The van der Waals surface area contributed by atoms with Crippen molar-refractivity contribution in [2.24, 2.45) is 0 Å². The lowest BCUT2D eigenvalue weighted by Gasteiger charge is -2.07. The van der Waals surface area contributed by atoms with Gasteiger partial charge in [-0.3, -0.25) is 9.59 Å². The molecule has 3 aromatic rings. The molecule has 6 nitrogen and oxygen atoms in total. The van der Waals surface area contributed by atoms with Gasteiger partial charge in [-0.2, -0.15) is 0 Å². The first-order valence-corrected chi connectivity index (χ1v) is 10.4. The molecule has 150 valence electrons. The Bertz CT molecular complexity index is 1020. The zero-order valence-electron chi connectivity index (χ0n) is 15.9. The van der Waals surface area contributed by atoms with Crippen LogP contribution in [0, 0.1) is 6.92 Å². The second kappa shape index (κ2) is 9.67. The Morgan fingerprint density at radius 3 is 2.66 bits per heavy atom. The number of methoxy groups -OCH3 is 1. The fourth-order valence-corrected chi connectivity index (χ4v) is 3.70. The summed E-state index contributed by atoms with van der Waals surface area (Å²) in [6.07, 6.45) is 0. The molecular formula is C21H19BrN2O4S. The fraction of sp³-hybridized carbons (Fsp3) is 0.190. The summed E-state index contributed by atoms with van der Waals surface area (Å²) in [6.45, 7) is 1.77. The Morgan fingerprint density at radius 2 is 1.93 bits per heavy atom. The van der Waals surface area contributed by atoms with E-state index in [1.807, 2.05) is 42.6 Å². The van der Waals surface area contributed by atoms with Gasteiger partial charge < -0.3 is 14.8 Å². The van der Waals surface area contributed by atoms with Gasteiger partial charge in [0.15, 0.2) is 0 Å². The minimum atomic E-state index is -0.528. The molecule has 0 aliphatic rings. The smallest absolute Gasteiger partial charge is 0.325 e. The SMILES string of the molecule is COc1ccc(Br)cc1-c1nc(COC(=O)CNC(=O)c2ccc(C)cc2)cs1. The van der Waals surface area contributed by atoms with E-state index in [9.17, 15) is 9.59 Å². The Morgan fingerprint density at radius 1 is 1.17 bits per heavy atom. The summed E-state index contributed by atoms with van der Waals surface area (Å²) in [5.74, 6) is -0.135. The molecule has 0 aliphatic carbocycles. The molecule has 0 atom stereocenters. The van der Waals surface area contributed by atoms with E-state index in [0.29, 0.717) is 17.0 Å². The number of hydrogen-bond acceptors (Lipinski definition) is 6. The maximum atomic E-state index is 12.0. The Kier molecular flexibility index (Phi) is 7.00. The zero-order chi connectivity index (χ0) is 20.8. The minimum absolute atomic E-state index is 0.0338. The van der Waals surface area contributed by atoms with Crippen LogP contribution in [-0.4, -0.2) is 30.5 Å². The van der Waals surface area contributed by atoms with E-state index >= 15 is 0 Å². The first kappa shape index (κ1) is 21.0. The highest BCUT2D eigenvalue weighted by molar-refractivity contribution is 9.10. The third-order valence-corrected chi connectivity index (χ3v) is 5.45. The van der Waals surface area contributed by atoms with Gasteiger partial charge in [-0.15, -0.1) is 11.3 Å². The van der Waals surface area contributed by atoms with Gasteiger partial charge in [0.1, 0.15) is 23.9 Å². The maximum absolute atomic E-state index is 12.0. The van der Waals surface area contributed by atoms with Crippen LogP contribution >= 0.6 is 27.3 Å². The molecule has 2 aromatic carbocycles. The van der Waals surface area contributed by atoms with Crippen molar-refractivity contribution in [2.45, 2.75) is 13.5 Å². The summed E-state index contributed by atoms with van der Waals surface area (Å²) in [4.78, 5) is 28.5. The van der Waals surface area contributed by atoms with Gasteiger partial charge in [0.05, 0.1) is 18.4 Å². The van der Waals surface area contributed by atoms with Crippen LogP contribution in [0.2, 0.25) is 0 Å². The topological polar surface area (TPSA) is 77.5 Å². The number of nitrogens with one attached hydrogen (secondary N) is 1. The molecule has 29 heavy (non-hydrogen) atoms. The van der Waals surface area contributed by atoms with E-state index in [0.717, 1.165) is 20.6 Å². The van der Waals surface area contributed by atoms with Crippen LogP contribution < -0.4 is 10.1 Å². The predicted octanol–water partition coefficient (Wildman–Crippen LogP) is 4.36. The highest BCUT2D eigenvalue weighted by atomic mass is 79.9. The number of amides is 1. The number of halogens is 1. The molecule has 0 saturated carbocycles. The van der Waals surface area contributed by atoms with Crippen molar-refractivity contribution in [3.05, 3.63) is 69.1 Å². The summed E-state index contributed by atoms with van der Waals surface area (Å²) in [6, 6.07) is 12.8. The summed E-state index contributed by atoms with van der Waals surface area (Å²) in [5, 5.41) is 5.15. The number of hydrogen-bond donors (Lipinski definition) is 1. The van der Waals surface area contributed by atoms with E-state index < -0.39 is 5.97 Å². The molecule has 1 aromatic heterocycles. The molecule has 8 heteroatoms. The number of thiazole rings is 1. The number of nitrogens with zero attached hydrogens (tertiary/aromatic N) is 1. The number of benzene rings is 2. The molecule has 3 rings (SSSR count). The molecule has 0 fully saturated rings. The monoisotopic (exact) mass is 474 g/mol. The fourth-order valence-electron chi connectivity index (χ4n) is 2.51. The van der Waals surface area contributed by atoms with E-state index in [4.69, 9.17) is 9.47 Å². The maximum Gasteiger partial charge on any atom is 0.325 e. The van der Waals surface area contributed by atoms with Crippen molar-refractivity contribution in [3.63, 3.8) is 0 Å². The third-order valence-electron chi connectivity index (χ3n) is 4.03. The lowest BCUT2D eigenvalue weighted by molar-refractivity contribution is -0.143. The second-order valence-electron chi connectivity index (χ2n) is 6.20. The van der Waals surface area contributed by atoms with Crippen LogP contribution in [0.5, 0.6) is 5.75 Å². The summed E-state index contributed by atoms with van der Waals surface area (Å²) in [5.41, 5.74) is 3.04. The van der Waals surface area contributed by atoms with Gasteiger partial charge in [0.25, 0.3) is 5.91 Å². The van der Waals surface area contributed by atoms with Gasteiger partial charge in [0.2, 0.25) is 0 Å². The first-order valence-electron chi connectivity index (χ1n) is 8.75. The quantitative estimate of drug-likeness (QED) is 0.514. The molecule has 0 bridgehead atoms. The number of aromatic nitrogens is 1. The minimum Gasteiger partial charge on any atom is -0.496 e. The van der Waals surface area contributed by atoms with Gasteiger partial charge in [-0.05, 0) is 37.3 Å². The normalized spacial score (nSPS) is 10.4. The van der Waals surface area contributed by atoms with Crippen molar-refractivity contribution in [2.75, 3.05) is 13.7 Å². The van der Waals surface area contributed by atoms with Gasteiger partial charge in [-0.1, -0.05) is 33.6 Å². The van der Waals surface area contributed by atoms with Crippen molar-refractivity contribution in [1.82, 2.24) is 10.3 Å². The molecule has 0 spiro atoms. The van der Waals surface area contributed by atoms with E-state index in [1.54, 1.807) is 19.2 Å². The van der Waals surface area contributed by atoms with Crippen molar-refractivity contribution in [1.29, 1.82) is 0 Å². The molecule has 0 saturated heterocycles. The van der Waals surface area contributed by atoms with Crippen molar-refractivity contribution >= 4 is 39.1 Å². The Hall–Kier alpha value is -2.71. The summed E-state index contributed by atoms with van der Waals surface area (Å²) in [7, 11) is 1.61. The van der Waals surface area contributed by atoms with Crippen LogP contribution in [0.3, 0.4) is 0 Å². The Balaban J connectivity index is 1.53. The van der Waals surface area contributed by atoms with Gasteiger partial charge >= 0.3 is 5.97 Å². The lowest BCUT2D eigenvalue weighted by atomic mass is 10.1. The molecule has 1 heterocycles. The number of ether oxygens (including phenoxy) is 2. The molecule has 0 aliphatic heterocycles. The molecule has 0 radical (unpaired) electrons. The number of carbonyl (C=O) groups excluding carboxylic acids is 2. The number of esters is 1.